The van der Waals surface area contributed by atoms with Crippen molar-refractivity contribution in [1.29, 1.82) is 0 Å². The molecule has 0 aromatic carbocycles. The van der Waals surface area contributed by atoms with E-state index in [1.165, 1.54) is 0 Å². The minimum absolute atomic E-state index is 0.222. The number of aliphatic carboxylic acids is 1. The van der Waals surface area contributed by atoms with Gasteiger partial charge in [-0.2, -0.15) is 0 Å². The van der Waals surface area contributed by atoms with Crippen LogP contribution in [-0.4, -0.2) is 21.8 Å². The van der Waals surface area contributed by atoms with E-state index in [-0.39, 0.29) is 11.8 Å². The summed E-state index contributed by atoms with van der Waals surface area (Å²) in [5, 5.41) is 19.8. The van der Waals surface area contributed by atoms with Gasteiger partial charge in [0, 0.05) is 0 Å². The van der Waals surface area contributed by atoms with Crippen molar-refractivity contribution >= 4 is 5.97 Å². The second-order valence-corrected chi connectivity index (χ2v) is 6.15. The van der Waals surface area contributed by atoms with Crippen LogP contribution in [0, 0.1) is 23.2 Å². The molecule has 0 radical (unpaired) electrons. The zero-order valence-electron chi connectivity index (χ0n) is 9.07. The molecule has 4 fully saturated rings. The maximum Gasteiger partial charge on any atom is 0.309 e. The monoisotopic (exact) mass is 210 g/mol. The van der Waals surface area contributed by atoms with Crippen LogP contribution in [0.25, 0.3) is 0 Å². The van der Waals surface area contributed by atoms with E-state index in [0.717, 1.165) is 19.3 Å². The van der Waals surface area contributed by atoms with Gasteiger partial charge in [0.25, 0.3) is 0 Å². The SMILES string of the molecule is CC1(O)[C@H]2CC3C[C@H]1CC(C(=O)O)(C3)C2. The highest BCUT2D eigenvalue weighted by Gasteiger charge is 2.62. The number of hydrogen-bond donors (Lipinski definition) is 2. The highest BCUT2D eigenvalue weighted by atomic mass is 16.4. The third-order valence-corrected chi connectivity index (χ3v) is 5.30. The van der Waals surface area contributed by atoms with Gasteiger partial charge in [-0.1, -0.05) is 0 Å². The molecule has 0 aromatic heterocycles. The van der Waals surface area contributed by atoms with Crippen LogP contribution in [0.1, 0.15) is 39.0 Å². The van der Waals surface area contributed by atoms with Crippen LogP contribution in [-0.2, 0) is 4.79 Å². The van der Waals surface area contributed by atoms with E-state index in [4.69, 9.17) is 0 Å². The van der Waals surface area contributed by atoms with Crippen molar-refractivity contribution in [2.24, 2.45) is 23.2 Å². The standard InChI is InChI=1S/C12H18O3/c1-11(15)8-2-7-3-9(11)6-12(4-7,5-8)10(13)14/h7-9,15H,2-6H2,1H3,(H,13,14)/t7?,8-,9-,11?,12?/m0/s1. The van der Waals surface area contributed by atoms with Crippen LogP contribution < -0.4 is 0 Å². The van der Waals surface area contributed by atoms with E-state index in [9.17, 15) is 15.0 Å². The fourth-order valence-electron chi connectivity index (χ4n) is 4.47. The molecule has 0 amide bonds. The van der Waals surface area contributed by atoms with Crippen molar-refractivity contribution in [3.8, 4) is 0 Å². The number of rotatable bonds is 1. The zero-order chi connectivity index (χ0) is 10.8. The Labute approximate surface area is 89.5 Å². The molecular weight excluding hydrogens is 192 g/mol. The predicted octanol–water partition coefficient (Wildman–Crippen LogP) is 1.65. The molecule has 15 heavy (non-hydrogen) atoms. The lowest BCUT2D eigenvalue weighted by Gasteiger charge is -2.61. The van der Waals surface area contributed by atoms with Crippen LogP contribution in [0.4, 0.5) is 0 Å². The Hall–Kier alpha value is -0.570. The molecule has 0 aliphatic heterocycles. The average molecular weight is 210 g/mol. The average Bonchev–Trinajstić information content (AvgIpc) is 2.13. The predicted molar refractivity (Wildman–Crippen MR) is 54.2 cm³/mol. The molecule has 4 aliphatic carbocycles. The van der Waals surface area contributed by atoms with Crippen LogP contribution in [0.3, 0.4) is 0 Å². The summed E-state index contributed by atoms with van der Waals surface area (Å²) in [6.07, 6.45) is 4.33. The first-order valence-electron chi connectivity index (χ1n) is 5.90. The highest BCUT2D eigenvalue weighted by Crippen LogP contribution is 2.63. The molecular formula is C12H18O3. The van der Waals surface area contributed by atoms with E-state index in [1.54, 1.807) is 0 Å². The first kappa shape index (κ1) is 9.64. The first-order valence-corrected chi connectivity index (χ1v) is 5.90. The number of carboxylic acid groups (broad SMARTS) is 1. The molecule has 4 aliphatic rings. The van der Waals surface area contributed by atoms with Crippen molar-refractivity contribution in [3.05, 3.63) is 0 Å². The van der Waals surface area contributed by atoms with Gasteiger partial charge in [-0.15, -0.1) is 0 Å². The lowest BCUT2D eigenvalue weighted by molar-refractivity contribution is -0.205. The second kappa shape index (κ2) is 2.57. The molecule has 0 aromatic rings. The lowest BCUT2D eigenvalue weighted by atomic mass is 9.45. The van der Waals surface area contributed by atoms with Gasteiger partial charge in [0.1, 0.15) is 0 Å². The van der Waals surface area contributed by atoms with Crippen LogP contribution >= 0.6 is 0 Å². The molecule has 3 nitrogen and oxygen atoms in total. The smallest absolute Gasteiger partial charge is 0.309 e. The Bertz CT molecular complexity index is 303. The van der Waals surface area contributed by atoms with E-state index in [1.807, 2.05) is 6.92 Å². The quantitative estimate of drug-likeness (QED) is 0.692. The highest BCUT2D eigenvalue weighted by molar-refractivity contribution is 5.75. The molecule has 4 bridgehead atoms. The van der Waals surface area contributed by atoms with Gasteiger partial charge in [-0.3, -0.25) is 4.79 Å². The van der Waals surface area contributed by atoms with Crippen LogP contribution in [0.15, 0.2) is 0 Å². The Kier molecular flexibility index (Phi) is 1.65. The Morgan fingerprint density at radius 2 is 1.73 bits per heavy atom. The van der Waals surface area contributed by atoms with Gasteiger partial charge in [0.2, 0.25) is 0 Å². The number of aliphatic hydroxyl groups is 1. The van der Waals surface area contributed by atoms with Crippen molar-refractivity contribution in [1.82, 2.24) is 0 Å². The Balaban J connectivity index is 2.00. The number of hydrogen-bond acceptors (Lipinski definition) is 2. The zero-order valence-corrected chi connectivity index (χ0v) is 9.07. The van der Waals surface area contributed by atoms with Gasteiger partial charge in [0.05, 0.1) is 11.0 Å². The van der Waals surface area contributed by atoms with Gasteiger partial charge in [-0.25, -0.2) is 0 Å². The van der Waals surface area contributed by atoms with Crippen molar-refractivity contribution in [2.75, 3.05) is 0 Å². The fourth-order valence-corrected chi connectivity index (χ4v) is 4.47. The topological polar surface area (TPSA) is 57.5 Å². The summed E-state index contributed by atoms with van der Waals surface area (Å²) in [6, 6.07) is 0. The summed E-state index contributed by atoms with van der Waals surface area (Å²) >= 11 is 0. The third-order valence-electron chi connectivity index (χ3n) is 5.30. The molecule has 0 heterocycles. The minimum Gasteiger partial charge on any atom is -0.481 e. The lowest BCUT2D eigenvalue weighted by Crippen LogP contribution is -2.61. The molecule has 0 saturated heterocycles. The summed E-state index contributed by atoms with van der Waals surface area (Å²) in [7, 11) is 0. The molecule has 2 atom stereocenters. The normalized spacial score (nSPS) is 57.1. The van der Waals surface area contributed by atoms with Crippen LogP contribution in [0.5, 0.6) is 0 Å². The first-order chi connectivity index (χ1) is 6.94. The molecule has 4 saturated carbocycles. The van der Waals surface area contributed by atoms with Gasteiger partial charge < -0.3 is 10.2 Å². The third kappa shape index (κ3) is 1.07. The maximum absolute atomic E-state index is 11.4. The van der Waals surface area contributed by atoms with Crippen molar-refractivity contribution < 1.29 is 15.0 Å². The second-order valence-electron chi connectivity index (χ2n) is 6.15. The van der Waals surface area contributed by atoms with Gasteiger partial charge in [-0.05, 0) is 56.8 Å². The van der Waals surface area contributed by atoms with Crippen molar-refractivity contribution in [3.63, 3.8) is 0 Å². The number of carbonyl (C=O) groups is 1. The van der Waals surface area contributed by atoms with Crippen LogP contribution in [0.2, 0.25) is 0 Å². The summed E-state index contributed by atoms with van der Waals surface area (Å²) in [5.41, 5.74) is -1.09. The summed E-state index contributed by atoms with van der Waals surface area (Å²) in [6.45, 7) is 1.91. The van der Waals surface area contributed by atoms with E-state index >= 15 is 0 Å². The largest absolute Gasteiger partial charge is 0.481 e. The Morgan fingerprint density at radius 3 is 2.20 bits per heavy atom. The molecule has 0 spiro atoms. The molecule has 3 heteroatoms. The molecule has 4 rings (SSSR count). The fraction of sp³-hybridized carbons (Fsp3) is 0.917. The number of carboxylic acids is 1. The van der Waals surface area contributed by atoms with E-state index < -0.39 is 17.0 Å². The Morgan fingerprint density at radius 1 is 1.20 bits per heavy atom. The summed E-state index contributed by atoms with van der Waals surface area (Å²) < 4.78 is 0. The summed E-state index contributed by atoms with van der Waals surface area (Å²) in [5.74, 6) is 0.371. The van der Waals surface area contributed by atoms with Gasteiger partial charge >= 0.3 is 5.97 Å². The van der Waals surface area contributed by atoms with Gasteiger partial charge in [0.15, 0.2) is 0 Å². The summed E-state index contributed by atoms with van der Waals surface area (Å²) in [4.78, 5) is 11.4. The van der Waals surface area contributed by atoms with E-state index in [2.05, 4.69) is 0 Å². The maximum atomic E-state index is 11.4. The molecule has 0 unspecified atom stereocenters. The molecule has 2 N–H and O–H groups in total. The van der Waals surface area contributed by atoms with E-state index in [0.29, 0.717) is 18.8 Å². The molecule has 84 valence electrons. The van der Waals surface area contributed by atoms with Crippen molar-refractivity contribution in [2.45, 2.75) is 44.6 Å². The minimum atomic E-state index is -0.627.